The smallest absolute Gasteiger partial charge is 0.160 e. The number of nitrogens with two attached hydrogens (primary N) is 1. The number of rotatable bonds is 8. The number of allylic oxidation sites excluding steroid dienone is 4. The molecule has 2 rings (SSSR count). The number of hydrogen-bond donors (Lipinski definition) is 1. The van der Waals surface area contributed by atoms with Gasteiger partial charge in [-0.2, -0.15) is 5.26 Å². The van der Waals surface area contributed by atoms with Crippen LogP contribution >= 0.6 is 0 Å². The summed E-state index contributed by atoms with van der Waals surface area (Å²) in [6.45, 7) is 12.4. The summed E-state index contributed by atoms with van der Waals surface area (Å²) in [6, 6.07) is 7.75. The van der Waals surface area contributed by atoms with E-state index >= 15 is 0 Å². The summed E-state index contributed by atoms with van der Waals surface area (Å²) in [5.41, 5.74) is 9.03. The van der Waals surface area contributed by atoms with E-state index in [1.807, 2.05) is 19.9 Å². The molecule has 1 aromatic rings. The minimum absolute atomic E-state index is 0.0646. The standard InChI is InChI=1S/C18H29N.C9H11NO/c1-5-7-16(9-8-15(3)6-2)17-10-12-18(4,14-19)13-11-17;1-6-3-4-8(10)5-9(6)7(2)11/h10-12,15-16H,5-9,13H2,1-4H3;3-5H,10H2,1-2H3. The maximum absolute atomic E-state index is 11.0. The van der Waals surface area contributed by atoms with Crippen molar-refractivity contribution in [3.8, 4) is 6.07 Å². The number of Topliss-reactive ketones (excluding diaryl/α,β-unsaturated/α-hetero) is 1. The first kappa shape index (κ1) is 25.7. The van der Waals surface area contributed by atoms with Crippen LogP contribution in [-0.2, 0) is 0 Å². The highest BCUT2D eigenvalue weighted by atomic mass is 16.1. The average molecular weight is 409 g/mol. The van der Waals surface area contributed by atoms with Gasteiger partial charge in [0.25, 0.3) is 0 Å². The molecule has 3 nitrogen and oxygen atoms in total. The first-order valence-electron chi connectivity index (χ1n) is 11.3. The summed E-state index contributed by atoms with van der Waals surface area (Å²) in [4.78, 5) is 11.0. The van der Waals surface area contributed by atoms with Crippen LogP contribution in [0.5, 0.6) is 0 Å². The number of anilines is 1. The zero-order valence-electron chi connectivity index (χ0n) is 19.8. The molecule has 3 unspecified atom stereocenters. The second-order valence-corrected chi connectivity index (χ2v) is 8.98. The molecule has 0 radical (unpaired) electrons. The van der Waals surface area contributed by atoms with E-state index < -0.39 is 0 Å². The van der Waals surface area contributed by atoms with Crippen LogP contribution in [0.25, 0.3) is 0 Å². The third kappa shape index (κ3) is 8.19. The number of hydrogen-bond acceptors (Lipinski definition) is 3. The van der Waals surface area contributed by atoms with Crippen molar-refractivity contribution in [1.29, 1.82) is 5.26 Å². The van der Waals surface area contributed by atoms with E-state index in [-0.39, 0.29) is 11.2 Å². The minimum atomic E-state index is -0.281. The molecular formula is C27H40N2O. The highest BCUT2D eigenvalue weighted by Crippen LogP contribution is 2.34. The van der Waals surface area contributed by atoms with Gasteiger partial charge in [0, 0.05) is 11.3 Å². The van der Waals surface area contributed by atoms with Gasteiger partial charge in [0.15, 0.2) is 5.78 Å². The lowest BCUT2D eigenvalue weighted by Gasteiger charge is -2.25. The van der Waals surface area contributed by atoms with Crippen molar-refractivity contribution >= 4 is 11.5 Å². The van der Waals surface area contributed by atoms with Crippen molar-refractivity contribution in [1.82, 2.24) is 0 Å². The van der Waals surface area contributed by atoms with Crippen molar-refractivity contribution in [2.45, 2.75) is 80.1 Å². The Kier molecular flexibility index (Phi) is 10.6. The predicted octanol–water partition coefficient (Wildman–Crippen LogP) is 7.43. The van der Waals surface area contributed by atoms with Crippen LogP contribution in [0.1, 0.15) is 89.1 Å². The lowest BCUT2D eigenvalue weighted by Crippen LogP contribution is -2.15. The largest absolute Gasteiger partial charge is 0.399 e. The number of aryl methyl sites for hydroxylation is 1. The fourth-order valence-electron chi connectivity index (χ4n) is 3.67. The molecule has 0 heterocycles. The molecule has 0 saturated heterocycles. The minimum Gasteiger partial charge on any atom is -0.399 e. The zero-order valence-corrected chi connectivity index (χ0v) is 19.8. The Labute approximate surface area is 184 Å². The van der Waals surface area contributed by atoms with Crippen LogP contribution in [-0.4, -0.2) is 5.78 Å². The summed E-state index contributed by atoms with van der Waals surface area (Å²) in [6.07, 6.45) is 13.9. The van der Waals surface area contributed by atoms with Gasteiger partial charge in [0.1, 0.15) is 0 Å². The van der Waals surface area contributed by atoms with Crippen LogP contribution in [0.3, 0.4) is 0 Å². The molecule has 0 bridgehead atoms. The van der Waals surface area contributed by atoms with Crippen molar-refractivity contribution in [2.75, 3.05) is 5.73 Å². The fourth-order valence-corrected chi connectivity index (χ4v) is 3.67. The predicted molar refractivity (Wildman–Crippen MR) is 128 cm³/mol. The van der Waals surface area contributed by atoms with Gasteiger partial charge in [0.2, 0.25) is 0 Å². The van der Waals surface area contributed by atoms with Crippen LogP contribution < -0.4 is 5.73 Å². The Morgan fingerprint density at radius 3 is 2.43 bits per heavy atom. The van der Waals surface area contributed by atoms with E-state index in [1.165, 1.54) is 37.7 Å². The zero-order chi connectivity index (χ0) is 22.7. The lowest BCUT2D eigenvalue weighted by molar-refractivity contribution is 0.101. The van der Waals surface area contributed by atoms with Crippen LogP contribution in [0, 0.1) is 35.5 Å². The summed E-state index contributed by atoms with van der Waals surface area (Å²) in [5.74, 6) is 1.59. The van der Waals surface area contributed by atoms with Crippen LogP contribution in [0.15, 0.2) is 42.0 Å². The molecule has 0 aliphatic heterocycles. The molecule has 0 saturated carbocycles. The molecule has 164 valence electrons. The van der Waals surface area contributed by atoms with Gasteiger partial charge in [-0.25, -0.2) is 0 Å². The summed E-state index contributed by atoms with van der Waals surface area (Å²) >= 11 is 0. The van der Waals surface area contributed by atoms with E-state index in [1.54, 1.807) is 19.1 Å². The highest BCUT2D eigenvalue weighted by Gasteiger charge is 2.24. The van der Waals surface area contributed by atoms with E-state index in [0.717, 1.165) is 17.9 Å². The van der Waals surface area contributed by atoms with Gasteiger partial charge in [-0.3, -0.25) is 4.79 Å². The molecule has 2 N–H and O–H groups in total. The van der Waals surface area contributed by atoms with Crippen molar-refractivity contribution in [3.63, 3.8) is 0 Å². The second-order valence-electron chi connectivity index (χ2n) is 8.98. The molecule has 1 aromatic carbocycles. The van der Waals surface area contributed by atoms with E-state index in [2.05, 4.69) is 45.1 Å². The number of nitrogen functional groups attached to an aromatic ring is 1. The number of carbonyl (C=O) groups excluding carboxylic acids is 1. The molecule has 0 fully saturated rings. The molecule has 0 amide bonds. The molecule has 0 spiro atoms. The van der Waals surface area contributed by atoms with Gasteiger partial charge in [-0.15, -0.1) is 0 Å². The van der Waals surface area contributed by atoms with Gasteiger partial charge >= 0.3 is 0 Å². The Balaban J connectivity index is 0.000000346. The second kappa shape index (κ2) is 12.4. The van der Waals surface area contributed by atoms with Gasteiger partial charge in [0.05, 0.1) is 11.5 Å². The van der Waals surface area contributed by atoms with Crippen LogP contribution in [0.2, 0.25) is 0 Å². The first-order valence-corrected chi connectivity index (χ1v) is 11.3. The Morgan fingerprint density at radius 1 is 1.27 bits per heavy atom. The molecular weight excluding hydrogens is 368 g/mol. The summed E-state index contributed by atoms with van der Waals surface area (Å²) in [5, 5.41) is 9.16. The van der Waals surface area contributed by atoms with Crippen LogP contribution in [0.4, 0.5) is 5.69 Å². The fraction of sp³-hybridized carbons (Fsp3) is 0.556. The van der Waals surface area contributed by atoms with Crippen molar-refractivity contribution < 1.29 is 4.79 Å². The number of carbonyl (C=O) groups is 1. The van der Waals surface area contributed by atoms with Gasteiger partial charge in [-0.1, -0.05) is 64.3 Å². The molecule has 3 atom stereocenters. The third-order valence-electron chi connectivity index (χ3n) is 6.12. The molecule has 1 aliphatic carbocycles. The van der Waals surface area contributed by atoms with E-state index in [0.29, 0.717) is 17.2 Å². The lowest BCUT2D eigenvalue weighted by atomic mass is 9.78. The third-order valence-corrected chi connectivity index (χ3v) is 6.12. The molecule has 0 aromatic heterocycles. The number of nitriles is 1. The Hall–Kier alpha value is -2.34. The monoisotopic (exact) mass is 408 g/mol. The van der Waals surface area contributed by atoms with Gasteiger partial charge < -0.3 is 5.73 Å². The van der Waals surface area contributed by atoms with Gasteiger partial charge in [-0.05, 0) is 75.1 Å². The van der Waals surface area contributed by atoms with Crippen molar-refractivity contribution in [3.05, 3.63) is 53.1 Å². The molecule has 30 heavy (non-hydrogen) atoms. The number of ketones is 1. The quantitative estimate of drug-likeness (QED) is 0.359. The SMILES string of the molecule is CC(=O)c1cc(N)ccc1C.CCCC(CCC(C)CC)C1=CCC(C)(C#N)C=C1. The normalized spacial score (nSPS) is 19.7. The first-order chi connectivity index (χ1) is 14.2. The maximum atomic E-state index is 11.0. The van der Waals surface area contributed by atoms with E-state index in [4.69, 9.17) is 11.0 Å². The molecule has 1 aliphatic rings. The Bertz CT molecular complexity index is 800. The number of benzene rings is 1. The van der Waals surface area contributed by atoms with Crippen molar-refractivity contribution in [2.24, 2.45) is 17.3 Å². The topological polar surface area (TPSA) is 66.9 Å². The Morgan fingerprint density at radius 2 is 1.97 bits per heavy atom. The molecule has 3 heteroatoms. The summed E-state index contributed by atoms with van der Waals surface area (Å²) in [7, 11) is 0. The number of nitrogens with zero attached hydrogens (tertiary/aromatic N) is 1. The van der Waals surface area contributed by atoms with E-state index in [9.17, 15) is 4.79 Å². The summed E-state index contributed by atoms with van der Waals surface area (Å²) < 4.78 is 0. The maximum Gasteiger partial charge on any atom is 0.160 e. The highest BCUT2D eigenvalue weighted by molar-refractivity contribution is 5.96. The average Bonchev–Trinajstić information content (AvgIpc) is 2.73.